The lowest BCUT2D eigenvalue weighted by Gasteiger charge is -2.07. The van der Waals surface area contributed by atoms with Gasteiger partial charge in [0.25, 0.3) is 0 Å². The monoisotopic (exact) mass is 261 g/mol. The van der Waals surface area contributed by atoms with Gasteiger partial charge in [0.05, 0.1) is 6.54 Å². The minimum atomic E-state index is -1.24. The van der Waals surface area contributed by atoms with Crippen molar-refractivity contribution in [2.45, 2.75) is 13.5 Å². The summed E-state index contributed by atoms with van der Waals surface area (Å²) in [6.07, 6.45) is 0. The molecule has 1 heterocycles. The first-order valence-corrected chi connectivity index (χ1v) is 5.56. The average molecular weight is 261 g/mol. The normalized spacial score (nSPS) is 10.4. The van der Waals surface area contributed by atoms with E-state index in [9.17, 15) is 9.18 Å². The van der Waals surface area contributed by atoms with Crippen molar-refractivity contribution in [3.8, 4) is 11.3 Å². The largest absolute Gasteiger partial charge is 0.476 e. The number of halogens is 1. The molecule has 98 valence electrons. The Kier molecular flexibility index (Phi) is 3.41. The molecule has 0 unspecified atom stereocenters. The molecule has 0 amide bonds. The van der Waals surface area contributed by atoms with Crippen molar-refractivity contribution in [3.05, 3.63) is 47.9 Å². The quantitative estimate of drug-likeness (QED) is 0.858. The summed E-state index contributed by atoms with van der Waals surface area (Å²) in [7, 11) is 0. The summed E-state index contributed by atoms with van der Waals surface area (Å²) in [5, 5.41) is 16.4. The van der Waals surface area contributed by atoms with Gasteiger partial charge in [-0.2, -0.15) is 0 Å². The Bertz CT molecular complexity index is 649. The van der Waals surface area contributed by atoms with E-state index >= 15 is 0 Å². The number of carbonyl (C=O) groups is 1. The zero-order valence-electron chi connectivity index (χ0n) is 10.3. The maximum absolute atomic E-state index is 13.8. The molecule has 0 aliphatic heterocycles. The van der Waals surface area contributed by atoms with Crippen molar-refractivity contribution >= 4 is 5.97 Å². The van der Waals surface area contributed by atoms with Crippen LogP contribution in [0.4, 0.5) is 4.39 Å². The molecule has 0 aliphatic carbocycles. The zero-order valence-corrected chi connectivity index (χ0v) is 10.3. The molecule has 0 radical (unpaired) electrons. The van der Waals surface area contributed by atoms with Crippen molar-refractivity contribution in [3.63, 3.8) is 0 Å². The smallest absolute Gasteiger partial charge is 0.358 e. The standard InChI is InChI=1S/C13H12FN3O2/c1-8(2)7-17-12(11(13(18)19)15-16-17)9-5-3-4-6-10(9)14/h3-6H,1,7H2,2H3,(H,18,19). The summed E-state index contributed by atoms with van der Waals surface area (Å²) in [6.45, 7) is 5.78. The third-order valence-electron chi connectivity index (χ3n) is 2.49. The molecule has 1 aromatic carbocycles. The minimum Gasteiger partial charge on any atom is -0.476 e. The zero-order chi connectivity index (χ0) is 14.0. The van der Waals surface area contributed by atoms with Crippen LogP contribution < -0.4 is 0 Å². The van der Waals surface area contributed by atoms with Crippen LogP contribution in [0.3, 0.4) is 0 Å². The highest BCUT2D eigenvalue weighted by molar-refractivity contribution is 5.92. The lowest BCUT2D eigenvalue weighted by atomic mass is 10.1. The Morgan fingerprint density at radius 1 is 1.47 bits per heavy atom. The SMILES string of the molecule is C=C(C)Cn1nnc(C(=O)O)c1-c1ccccc1F. The van der Waals surface area contributed by atoms with Gasteiger partial charge in [0, 0.05) is 5.56 Å². The molecule has 0 aliphatic rings. The molecule has 2 aromatic rings. The molecule has 0 atom stereocenters. The summed E-state index contributed by atoms with van der Waals surface area (Å²) in [4.78, 5) is 11.1. The third kappa shape index (κ3) is 2.52. The molecule has 0 bridgehead atoms. The number of benzene rings is 1. The number of aromatic nitrogens is 3. The van der Waals surface area contributed by atoms with Gasteiger partial charge in [-0.25, -0.2) is 13.9 Å². The highest BCUT2D eigenvalue weighted by atomic mass is 19.1. The van der Waals surface area contributed by atoms with Crippen LogP contribution in [0, 0.1) is 5.82 Å². The molecular formula is C13H12FN3O2. The van der Waals surface area contributed by atoms with Gasteiger partial charge >= 0.3 is 5.97 Å². The van der Waals surface area contributed by atoms with E-state index in [2.05, 4.69) is 16.9 Å². The van der Waals surface area contributed by atoms with Crippen molar-refractivity contribution in [2.24, 2.45) is 0 Å². The fraction of sp³-hybridized carbons (Fsp3) is 0.154. The van der Waals surface area contributed by atoms with Crippen molar-refractivity contribution in [2.75, 3.05) is 0 Å². The first-order valence-electron chi connectivity index (χ1n) is 5.56. The van der Waals surface area contributed by atoms with Crippen LogP contribution in [0.25, 0.3) is 11.3 Å². The van der Waals surface area contributed by atoms with Gasteiger partial charge in [-0.3, -0.25) is 0 Å². The van der Waals surface area contributed by atoms with Crippen LogP contribution in [-0.4, -0.2) is 26.1 Å². The van der Waals surface area contributed by atoms with Crippen molar-refractivity contribution in [1.82, 2.24) is 15.0 Å². The predicted molar refractivity (Wildman–Crippen MR) is 67.2 cm³/mol. The number of rotatable bonds is 4. The van der Waals surface area contributed by atoms with Gasteiger partial charge in [-0.05, 0) is 19.1 Å². The summed E-state index contributed by atoms with van der Waals surface area (Å²) in [6, 6.07) is 5.92. The van der Waals surface area contributed by atoms with Crippen LogP contribution in [0.1, 0.15) is 17.4 Å². The molecular weight excluding hydrogens is 249 g/mol. The number of aromatic carboxylic acids is 1. The second kappa shape index (κ2) is 5.01. The Morgan fingerprint density at radius 2 is 2.16 bits per heavy atom. The first-order chi connectivity index (χ1) is 9.00. The lowest BCUT2D eigenvalue weighted by molar-refractivity contribution is 0.0691. The number of carboxylic acids is 1. The van der Waals surface area contributed by atoms with Crippen LogP contribution >= 0.6 is 0 Å². The van der Waals surface area contributed by atoms with E-state index in [1.54, 1.807) is 13.0 Å². The summed E-state index contributed by atoms with van der Waals surface area (Å²) >= 11 is 0. The molecule has 0 spiro atoms. The molecule has 1 aromatic heterocycles. The highest BCUT2D eigenvalue weighted by Gasteiger charge is 2.22. The van der Waals surface area contributed by atoms with Crippen molar-refractivity contribution in [1.29, 1.82) is 0 Å². The van der Waals surface area contributed by atoms with Crippen LogP contribution in [0.15, 0.2) is 36.4 Å². The van der Waals surface area contributed by atoms with Gasteiger partial charge in [0.2, 0.25) is 0 Å². The molecule has 1 N–H and O–H groups in total. The molecule has 5 nitrogen and oxygen atoms in total. The molecule has 2 rings (SSSR count). The number of nitrogens with zero attached hydrogens (tertiary/aromatic N) is 3. The Morgan fingerprint density at radius 3 is 2.74 bits per heavy atom. The minimum absolute atomic E-state index is 0.147. The number of carboxylic acid groups (broad SMARTS) is 1. The lowest BCUT2D eigenvalue weighted by Crippen LogP contribution is -2.06. The van der Waals surface area contributed by atoms with Crippen molar-refractivity contribution < 1.29 is 14.3 Å². The summed E-state index contributed by atoms with van der Waals surface area (Å²) in [5.41, 5.74) is 0.797. The second-order valence-electron chi connectivity index (χ2n) is 4.19. The Hall–Kier alpha value is -2.50. The molecule has 19 heavy (non-hydrogen) atoms. The Balaban J connectivity index is 2.65. The van der Waals surface area contributed by atoms with Gasteiger partial charge in [0.1, 0.15) is 11.5 Å². The van der Waals surface area contributed by atoms with Gasteiger partial charge in [-0.1, -0.05) is 29.5 Å². The maximum atomic E-state index is 13.8. The van der Waals surface area contributed by atoms with E-state index in [1.807, 2.05) is 0 Å². The van der Waals surface area contributed by atoms with Crippen LogP contribution in [0.5, 0.6) is 0 Å². The van der Waals surface area contributed by atoms with E-state index in [-0.39, 0.29) is 23.5 Å². The molecule has 0 saturated carbocycles. The van der Waals surface area contributed by atoms with Crippen LogP contribution in [0.2, 0.25) is 0 Å². The van der Waals surface area contributed by atoms with Gasteiger partial charge in [0.15, 0.2) is 5.69 Å². The maximum Gasteiger partial charge on any atom is 0.358 e. The molecule has 0 saturated heterocycles. The van der Waals surface area contributed by atoms with E-state index < -0.39 is 11.8 Å². The second-order valence-corrected chi connectivity index (χ2v) is 4.19. The third-order valence-corrected chi connectivity index (χ3v) is 2.49. The number of hydrogen-bond acceptors (Lipinski definition) is 3. The molecule has 6 heteroatoms. The molecule has 0 fully saturated rings. The highest BCUT2D eigenvalue weighted by Crippen LogP contribution is 2.25. The average Bonchev–Trinajstić information content (AvgIpc) is 2.72. The fourth-order valence-corrected chi connectivity index (χ4v) is 1.74. The van der Waals surface area contributed by atoms with E-state index in [1.165, 1.54) is 22.9 Å². The van der Waals surface area contributed by atoms with Crippen LogP contribution in [-0.2, 0) is 6.54 Å². The Labute approximate surface area is 109 Å². The fourth-order valence-electron chi connectivity index (χ4n) is 1.74. The van der Waals surface area contributed by atoms with Gasteiger partial charge < -0.3 is 5.11 Å². The van der Waals surface area contributed by atoms with E-state index in [0.717, 1.165) is 5.57 Å². The summed E-state index contributed by atoms with van der Waals surface area (Å²) < 4.78 is 15.2. The van der Waals surface area contributed by atoms with E-state index in [0.29, 0.717) is 0 Å². The topological polar surface area (TPSA) is 68.0 Å². The summed E-state index contributed by atoms with van der Waals surface area (Å²) in [5.74, 6) is -1.76. The first kappa shape index (κ1) is 12.9. The van der Waals surface area contributed by atoms with Gasteiger partial charge in [-0.15, -0.1) is 5.10 Å². The number of hydrogen-bond donors (Lipinski definition) is 1. The predicted octanol–water partition coefficient (Wildman–Crippen LogP) is 2.36. The number of allylic oxidation sites excluding steroid dienone is 1. The van der Waals surface area contributed by atoms with E-state index in [4.69, 9.17) is 5.11 Å².